The van der Waals surface area contributed by atoms with Gasteiger partial charge in [-0.25, -0.2) is 24.3 Å². The minimum atomic E-state index is -0.775. The Morgan fingerprint density at radius 1 is 0.902 bits per heavy atom. The van der Waals surface area contributed by atoms with Gasteiger partial charge in [-0.1, -0.05) is 32.9 Å². The fourth-order valence-corrected chi connectivity index (χ4v) is 8.09. The van der Waals surface area contributed by atoms with E-state index in [1.165, 1.54) is 0 Å². The Kier molecular flexibility index (Phi) is 12.8. The number of amides is 2. The standard InChI is InChI=1S/C38H57ClN4O7.CH4/c1-24-17-37(12)19-26(47-16-15-42(32(45)49-35(6,7)8)33(46)50-36(9,10)11)20-38(18-24,22-37)23-43-25(2)28(21-40-43)27-13-14-29(39)41-30(27)31(44)48-34(3,4)5;/h13-14,21,24,26H,15-20,22-23H2,1-12H3;1H4. The molecule has 286 valence electrons. The molecule has 51 heavy (non-hydrogen) atoms. The number of fused-ring (bicyclic) bond motifs is 2. The van der Waals surface area contributed by atoms with E-state index in [4.69, 9.17) is 35.6 Å². The highest BCUT2D eigenvalue weighted by Gasteiger charge is 2.51. The molecule has 2 saturated carbocycles. The first kappa shape index (κ1) is 42.2. The zero-order valence-corrected chi connectivity index (χ0v) is 32.8. The SMILES string of the molecule is C.Cc1c(-c2ccc(Cl)nc2C(=O)OC(C)(C)C)cnn1CC12CC(C)CC(C)(CC(OCCN(C(=O)OC(C)(C)C)C(=O)OC(C)(C)C)C1)C2. The minimum Gasteiger partial charge on any atom is -0.455 e. The molecule has 12 heteroatoms. The van der Waals surface area contributed by atoms with Gasteiger partial charge in [0.15, 0.2) is 5.69 Å². The van der Waals surface area contributed by atoms with Crippen molar-refractivity contribution in [1.29, 1.82) is 0 Å². The van der Waals surface area contributed by atoms with E-state index in [1.807, 2.05) is 32.4 Å². The van der Waals surface area contributed by atoms with E-state index in [9.17, 15) is 14.4 Å². The first-order chi connectivity index (χ1) is 22.9. The van der Waals surface area contributed by atoms with E-state index in [0.717, 1.165) is 48.3 Å². The van der Waals surface area contributed by atoms with Crippen LogP contribution in [-0.2, 0) is 25.5 Å². The molecule has 2 aliphatic rings. The van der Waals surface area contributed by atoms with Crippen LogP contribution in [0.3, 0.4) is 0 Å². The van der Waals surface area contributed by atoms with Crippen molar-refractivity contribution in [3.63, 3.8) is 0 Å². The van der Waals surface area contributed by atoms with E-state index < -0.39 is 35.0 Å². The van der Waals surface area contributed by atoms with Crippen LogP contribution in [0.15, 0.2) is 18.3 Å². The summed E-state index contributed by atoms with van der Waals surface area (Å²) in [6.45, 7) is 23.5. The lowest BCUT2D eigenvalue weighted by Crippen LogP contribution is -2.50. The Labute approximate surface area is 310 Å². The van der Waals surface area contributed by atoms with Gasteiger partial charge in [0.2, 0.25) is 0 Å². The van der Waals surface area contributed by atoms with Crippen LogP contribution in [0.2, 0.25) is 5.15 Å². The highest BCUT2D eigenvalue weighted by atomic mass is 35.5. The average molecular weight is 733 g/mol. The molecule has 0 radical (unpaired) electrons. The molecule has 2 aromatic rings. The number of hydrogen-bond acceptors (Lipinski definition) is 9. The minimum absolute atomic E-state index is 0. The van der Waals surface area contributed by atoms with Gasteiger partial charge in [0, 0.05) is 23.4 Å². The number of rotatable bonds is 8. The smallest absolute Gasteiger partial charge is 0.419 e. The van der Waals surface area contributed by atoms with Gasteiger partial charge in [-0.05, 0) is 130 Å². The molecular weight excluding hydrogens is 672 g/mol. The largest absolute Gasteiger partial charge is 0.455 e. The monoisotopic (exact) mass is 732 g/mol. The topological polar surface area (TPSA) is 122 Å². The second kappa shape index (κ2) is 15.4. The van der Waals surface area contributed by atoms with Crippen LogP contribution in [0, 0.1) is 23.7 Å². The molecule has 2 amide bonds. The summed E-state index contributed by atoms with van der Waals surface area (Å²) in [7, 11) is 0. The summed E-state index contributed by atoms with van der Waals surface area (Å²) < 4.78 is 25.3. The van der Waals surface area contributed by atoms with Crippen molar-refractivity contribution in [3.8, 4) is 11.1 Å². The highest BCUT2D eigenvalue weighted by molar-refractivity contribution is 6.29. The van der Waals surface area contributed by atoms with Crippen LogP contribution in [0.1, 0.15) is 132 Å². The maximum atomic E-state index is 13.2. The number of nitrogens with zero attached hydrogens (tertiary/aromatic N) is 4. The maximum absolute atomic E-state index is 13.2. The Morgan fingerprint density at radius 2 is 1.49 bits per heavy atom. The summed E-state index contributed by atoms with van der Waals surface area (Å²) in [4.78, 5) is 44.6. The summed E-state index contributed by atoms with van der Waals surface area (Å²) in [5, 5.41) is 5.05. The lowest BCUT2D eigenvalue weighted by atomic mass is 9.52. The van der Waals surface area contributed by atoms with Crippen molar-refractivity contribution in [1.82, 2.24) is 19.7 Å². The molecule has 11 nitrogen and oxygen atoms in total. The first-order valence-corrected chi connectivity index (χ1v) is 18.0. The molecule has 2 aromatic heterocycles. The number of ether oxygens (including phenoxy) is 4. The molecule has 0 saturated heterocycles. The molecule has 0 aliphatic heterocycles. The van der Waals surface area contributed by atoms with Crippen LogP contribution in [0.5, 0.6) is 0 Å². The third kappa shape index (κ3) is 11.4. The quantitative estimate of drug-likeness (QED) is 0.148. The number of carbonyl (C=O) groups is 3. The third-order valence-electron chi connectivity index (χ3n) is 9.03. The van der Waals surface area contributed by atoms with Crippen molar-refractivity contribution in [2.45, 2.75) is 152 Å². The van der Waals surface area contributed by atoms with E-state index in [2.05, 4.69) is 18.8 Å². The summed E-state index contributed by atoms with van der Waals surface area (Å²) in [6.07, 6.45) is 5.03. The average Bonchev–Trinajstić information content (AvgIpc) is 3.25. The molecule has 4 atom stereocenters. The number of halogens is 1. The maximum Gasteiger partial charge on any atom is 0.419 e. The first-order valence-electron chi connectivity index (χ1n) is 17.6. The van der Waals surface area contributed by atoms with Crippen molar-refractivity contribution < 1.29 is 33.3 Å². The normalized spacial score (nSPS) is 23.5. The number of hydrogen-bond donors (Lipinski definition) is 0. The zero-order chi connectivity index (χ0) is 37.4. The van der Waals surface area contributed by atoms with Gasteiger partial charge in [-0.3, -0.25) is 4.68 Å². The Morgan fingerprint density at radius 3 is 2.06 bits per heavy atom. The second-order valence-corrected chi connectivity index (χ2v) is 18.2. The van der Waals surface area contributed by atoms with Crippen LogP contribution in [0.25, 0.3) is 11.1 Å². The van der Waals surface area contributed by atoms with Crippen molar-refractivity contribution in [2.75, 3.05) is 13.2 Å². The number of carbonyl (C=O) groups excluding carboxylic acids is 3. The van der Waals surface area contributed by atoms with Gasteiger partial charge >= 0.3 is 18.2 Å². The van der Waals surface area contributed by atoms with Crippen molar-refractivity contribution >= 4 is 29.8 Å². The van der Waals surface area contributed by atoms with E-state index >= 15 is 0 Å². The fourth-order valence-electron chi connectivity index (χ4n) is 7.95. The molecule has 2 fully saturated rings. The Balaban J connectivity index is 0.00000702. The fraction of sp³-hybridized carbons (Fsp3) is 0.718. The molecular formula is C39H61ClN4O7. The van der Waals surface area contributed by atoms with Crippen molar-refractivity contribution in [2.24, 2.45) is 16.7 Å². The summed E-state index contributed by atoms with van der Waals surface area (Å²) in [5.74, 6) is -0.0131. The lowest BCUT2D eigenvalue weighted by Gasteiger charge is -2.55. The van der Waals surface area contributed by atoms with Crippen LogP contribution < -0.4 is 0 Å². The summed E-state index contributed by atoms with van der Waals surface area (Å²) in [5.41, 5.74) is 0.222. The van der Waals surface area contributed by atoms with Gasteiger partial charge in [-0.2, -0.15) is 5.10 Å². The molecule has 0 spiro atoms. The number of esters is 1. The third-order valence-corrected chi connectivity index (χ3v) is 9.24. The number of imide groups is 1. The van der Waals surface area contributed by atoms with Crippen LogP contribution >= 0.6 is 11.6 Å². The van der Waals surface area contributed by atoms with Crippen LogP contribution in [-0.4, -0.2) is 73.9 Å². The van der Waals surface area contributed by atoms with Crippen LogP contribution in [0.4, 0.5) is 9.59 Å². The lowest BCUT2D eigenvalue weighted by molar-refractivity contribution is -0.112. The van der Waals surface area contributed by atoms with E-state index in [-0.39, 0.29) is 48.4 Å². The predicted octanol–water partition coefficient (Wildman–Crippen LogP) is 9.66. The molecule has 2 heterocycles. The van der Waals surface area contributed by atoms with Gasteiger partial charge in [0.1, 0.15) is 22.0 Å². The molecule has 4 unspecified atom stereocenters. The Bertz CT molecular complexity index is 1540. The highest BCUT2D eigenvalue weighted by Crippen LogP contribution is 2.58. The predicted molar refractivity (Wildman–Crippen MR) is 199 cm³/mol. The zero-order valence-electron chi connectivity index (χ0n) is 32.1. The summed E-state index contributed by atoms with van der Waals surface area (Å²) in [6, 6.07) is 3.47. The molecule has 4 rings (SSSR count). The number of aromatic nitrogens is 3. The van der Waals surface area contributed by atoms with Gasteiger partial charge in [-0.15, -0.1) is 0 Å². The Hall–Kier alpha value is -3.18. The van der Waals surface area contributed by atoms with E-state index in [0.29, 0.717) is 18.0 Å². The van der Waals surface area contributed by atoms with E-state index in [1.54, 1.807) is 59.9 Å². The van der Waals surface area contributed by atoms with Crippen molar-refractivity contribution in [3.05, 3.63) is 34.9 Å². The van der Waals surface area contributed by atoms with Gasteiger partial charge < -0.3 is 18.9 Å². The molecule has 2 aliphatic carbocycles. The van der Waals surface area contributed by atoms with Gasteiger partial charge in [0.25, 0.3) is 0 Å². The molecule has 0 aromatic carbocycles. The van der Waals surface area contributed by atoms with Gasteiger partial charge in [0.05, 0.1) is 25.5 Å². The number of pyridine rings is 1. The molecule has 0 N–H and O–H groups in total. The second-order valence-electron chi connectivity index (χ2n) is 17.8. The summed E-state index contributed by atoms with van der Waals surface area (Å²) >= 11 is 6.23. The molecule has 2 bridgehead atoms.